The second-order valence-electron chi connectivity index (χ2n) is 9.29. The highest BCUT2D eigenvalue weighted by molar-refractivity contribution is 6.35. The van der Waals surface area contributed by atoms with Crippen molar-refractivity contribution in [1.82, 2.24) is 19.5 Å². The quantitative estimate of drug-likeness (QED) is 0.209. The van der Waals surface area contributed by atoms with Crippen LogP contribution >= 0.6 is 11.6 Å². The molecule has 3 heterocycles. The number of benzene rings is 1. The number of hydrogen-bond donors (Lipinski definition) is 1. The number of rotatable bonds is 11. The van der Waals surface area contributed by atoms with E-state index < -0.39 is 5.91 Å². The number of methoxy groups -OCH3 is 1. The van der Waals surface area contributed by atoms with Crippen LogP contribution in [0.3, 0.4) is 0 Å². The summed E-state index contributed by atoms with van der Waals surface area (Å²) in [4.78, 5) is 33.6. The first-order chi connectivity index (χ1) is 18.3. The number of likely N-dealkylation sites (N-methyl/N-ethyl adjacent to an activating group) is 1. The van der Waals surface area contributed by atoms with Crippen LogP contribution in [0.1, 0.15) is 38.2 Å². The number of carbonyl (C=O) groups is 2. The summed E-state index contributed by atoms with van der Waals surface area (Å²) in [6.07, 6.45) is 7.20. The van der Waals surface area contributed by atoms with E-state index in [0.717, 1.165) is 36.9 Å². The third-order valence-electron chi connectivity index (χ3n) is 6.60. The highest BCUT2D eigenvalue weighted by atomic mass is 35.5. The van der Waals surface area contributed by atoms with Gasteiger partial charge < -0.3 is 18.9 Å². The molecule has 0 radical (unpaired) electrons. The molecule has 0 bridgehead atoms. The number of nitrogens with zero attached hydrogens (tertiary/aromatic N) is 5. The third-order valence-corrected chi connectivity index (χ3v) is 6.89. The van der Waals surface area contributed by atoms with Crippen LogP contribution in [0.2, 0.25) is 5.02 Å². The Labute approximate surface area is 227 Å². The van der Waals surface area contributed by atoms with Crippen molar-refractivity contribution in [1.29, 1.82) is 0 Å². The zero-order valence-electron chi connectivity index (χ0n) is 22.0. The van der Waals surface area contributed by atoms with Crippen molar-refractivity contribution in [3.8, 4) is 11.5 Å². The number of hydroxylamine groups is 2. The average Bonchev–Trinajstić information content (AvgIpc) is 3.23. The maximum atomic E-state index is 13.6. The standard InChI is InChI=1S/C27H34ClN5O5/c1-4-5-6-14-38-23-15-20(8-9-22(23)37-3)33-13-7-12-31(27(33)35)16-19-10-11-29-26-25(19)21(28)17-32(26)18-24(34)30(2)36/h8-11,15,17,36H,4-7,12-14,16,18H2,1-3H3. The van der Waals surface area contributed by atoms with E-state index in [9.17, 15) is 14.8 Å². The van der Waals surface area contributed by atoms with Crippen molar-refractivity contribution in [2.45, 2.75) is 45.7 Å². The molecule has 3 aromatic rings. The molecule has 1 aromatic carbocycles. The summed E-state index contributed by atoms with van der Waals surface area (Å²) >= 11 is 6.54. The smallest absolute Gasteiger partial charge is 0.324 e. The van der Waals surface area contributed by atoms with Crippen LogP contribution in [-0.2, 0) is 17.9 Å². The van der Waals surface area contributed by atoms with Crippen LogP contribution in [0.5, 0.6) is 11.5 Å². The molecule has 4 rings (SSSR count). The number of amides is 3. The number of aromatic nitrogens is 2. The zero-order valence-corrected chi connectivity index (χ0v) is 22.8. The van der Waals surface area contributed by atoms with Gasteiger partial charge in [-0.15, -0.1) is 0 Å². The SMILES string of the molecule is CCCCCOc1cc(N2CCCN(Cc3ccnc4c3c(Cl)cn4CC(=O)N(C)O)C2=O)ccc1OC. The van der Waals surface area contributed by atoms with Gasteiger partial charge in [0.05, 0.1) is 18.7 Å². The van der Waals surface area contributed by atoms with Gasteiger partial charge in [0.25, 0.3) is 5.91 Å². The number of anilines is 1. The molecule has 3 amide bonds. The molecular weight excluding hydrogens is 510 g/mol. The minimum Gasteiger partial charge on any atom is -0.493 e. The first-order valence-corrected chi connectivity index (χ1v) is 13.2. The highest BCUT2D eigenvalue weighted by Crippen LogP contribution is 2.34. The fourth-order valence-corrected chi connectivity index (χ4v) is 4.91. The van der Waals surface area contributed by atoms with Gasteiger partial charge in [-0.3, -0.25) is 14.9 Å². The first kappa shape index (κ1) is 27.5. The molecule has 2 aromatic heterocycles. The Hall–Kier alpha value is -3.50. The predicted molar refractivity (Wildman–Crippen MR) is 145 cm³/mol. The molecule has 38 heavy (non-hydrogen) atoms. The number of urea groups is 1. The van der Waals surface area contributed by atoms with E-state index in [4.69, 9.17) is 21.1 Å². The Morgan fingerprint density at radius 2 is 2.03 bits per heavy atom. The van der Waals surface area contributed by atoms with E-state index in [1.54, 1.807) is 33.9 Å². The molecule has 204 valence electrons. The van der Waals surface area contributed by atoms with Crippen molar-refractivity contribution >= 4 is 40.3 Å². The number of hydrogen-bond acceptors (Lipinski definition) is 6. The van der Waals surface area contributed by atoms with Crippen LogP contribution in [0.15, 0.2) is 36.7 Å². The number of unbranched alkanes of at least 4 members (excludes halogenated alkanes) is 2. The molecule has 0 spiro atoms. The first-order valence-electron chi connectivity index (χ1n) is 12.8. The van der Waals surface area contributed by atoms with Crippen molar-refractivity contribution in [3.63, 3.8) is 0 Å². The van der Waals surface area contributed by atoms with Gasteiger partial charge >= 0.3 is 6.03 Å². The molecule has 1 fully saturated rings. The van der Waals surface area contributed by atoms with Gasteiger partial charge in [-0.1, -0.05) is 31.4 Å². The van der Waals surface area contributed by atoms with Crippen molar-refractivity contribution in [3.05, 3.63) is 47.2 Å². The topological polar surface area (TPSA) is 100 Å². The van der Waals surface area contributed by atoms with E-state index in [1.807, 2.05) is 24.3 Å². The lowest BCUT2D eigenvalue weighted by Gasteiger charge is -2.36. The molecule has 0 saturated carbocycles. The minimum atomic E-state index is -0.499. The molecule has 1 N–H and O–H groups in total. The molecule has 1 aliphatic heterocycles. The molecule has 11 heteroatoms. The Morgan fingerprint density at radius 1 is 1.21 bits per heavy atom. The van der Waals surface area contributed by atoms with Gasteiger partial charge in [0.2, 0.25) is 0 Å². The fourth-order valence-electron chi connectivity index (χ4n) is 4.58. The summed E-state index contributed by atoms with van der Waals surface area (Å²) in [6, 6.07) is 7.28. The Morgan fingerprint density at radius 3 is 2.76 bits per heavy atom. The fraction of sp³-hybridized carbons (Fsp3) is 0.444. The van der Waals surface area contributed by atoms with Crippen molar-refractivity contribution in [2.75, 3.05) is 38.8 Å². The third kappa shape index (κ3) is 5.97. The maximum absolute atomic E-state index is 13.6. The lowest BCUT2D eigenvalue weighted by Crippen LogP contribution is -2.49. The molecule has 1 aliphatic rings. The summed E-state index contributed by atoms with van der Waals surface area (Å²) in [7, 11) is 2.88. The van der Waals surface area contributed by atoms with Gasteiger partial charge in [-0.25, -0.2) is 14.8 Å². The summed E-state index contributed by atoms with van der Waals surface area (Å²) < 4.78 is 13.0. The number of carbonyl (C=O) groups excluding carboxylic acids is 2. The van der Waals surface area contributed by atoms with E-state index in [2.05, 4.69) is 11.9 Å². The van der Waals surface area contributed by atoms with Crippen LogP contribution in [0, 0.1) is 0 Å². The van der Waals surface area contributed by atoms with Gasteiger partial charge in [-0.05, 0) is 36.6 Å². The lowest BCUT2D eigenvalue weighted by molar-refractivity contribution is -0.159. The zero-order chi connectivity index (χ0) is 27.2. The molecule has 1 saturated heterocycles. The van der Waals surface area contributed by atoms with Gasteiger partial charge in [0.15, 0.2) is 11.5 Å². The van der Waals surface area contributed by atoms with Crippen LogP contribution < -0.4 is 14.4 Å². The highest BCUT2D eigenvalue weighted by Gasteiger charge is 2.28. The molecule has 0 atom stereocenters. The predicted octanol–water partition coefficient (Wildman–Crippen LogP) is 4.95. The van der Waals surface area contributed by atoms with Gasteiger partial charge in [0.1, 0.15) is 12.2 Å². The molecule has 10 nitrogen and oxygen atoms in total. The van der Waals surface area contributed by atoms with E-state index in [-0.39, 0.29) is 12.6 Å². The van der Waals surface area contributed by atoms with E-state index >= 15 is 0 Å². The van der Waals surface area contributed by atoms with Crippen LogP contribution in [0.25, 0.3) is 11.0 Å². The van der Waals surface area contributed by atoms with Crippen LogP contribution in [-0.4, -0.2) is 70.5 Å². The number of halogens is 1. The number of pyridine rings is 1. The second-order valence-corrected chi connectivity index (χ2v) is 9.70. The lowest BCUT2D eigenvalue weighted by atomic mass is 10.1. The summed E-state index contributed by atoms with van der Waals surface area (Å²) in [5.41, 5.74) is 2.10. The van der Waals surface area contributed by atoms with E-state index in [1.165, 1.54) is 7.05 Å². The maximum Gasteiger partial charge on any atom is 0.324 e. The average molecular weight is 544 g/mol. The van der Waals surface area contributed by atoms with E-state index in [0.29, 0.717) is 58.9 Å². The molecule has 0 aliphatic carbocycles. The molecule has 0 unspecified atom stereocenters. The van der Waals surface area contributed by atoms with Crippen LogP contribution in [0.4, 0.5) is 10.5 Å². The monoisotopic (exact) mass is 543 g/mol. The van der Waals surface area contributed by atoms with Crippen molar-refractivity contribution in [2.24, 2.45) is 0 Å². The Balaban J connectivity index is 1.55. The normalized spacial score (nSPS) is 13.8. The Kier molecular flexibility index (Phi) is 8.96. The van der Waals surface area contributed by atoms with Gasteiger partial charge in [0, 0.05) is 56.2 Å². The van der Waals surface area contributed by atoms with Crippen molar-refractivity contribution < 1.29 is 24.3 Å². The van der Waals surface area contributed by atoms with Gasteiger partial charge in [-0.2, -0.15) is 0 Å². The number of fused-ring (bicyclic) bond motifs is 1. The summed E-state index contributed by atoms with van der Waals surface area (Å²) in [6.45, 7) is 4.16. The number of ether oxygens (including phenoxy) is 2. The summed E-state index contributed by atoms with van der Waals surface area (Å²) in [5, 5.41) is 11.1. The largest absolute Gasteiger partial charge is 0.493 e. The summed E-state index contributed by atoms with van der Waals surface area (Å²) in [5.74, 6) is 0.759. The Bertz CT molecular complexity index is 1290. The second kappa shape index (κ2) is 12.4. The minimum absolute atomic E-state index is 0.108. The molecular formula is C27H34ClN5O5.